The second-order valence-corrected chi connectivity index (χ2v) is 9.85. The van der Waals surface area contributed by atoms with Gasteiger partial charge in [0.15, 0.2) is 0 Å². The van der Waals surface area contributed by atoms with Crippen LogP contribution < -0.4 is 5.32 Å². The van der Waals surface area contributed by atoms with E-state index in [-0.39, 0.29) is 36.7 Å². The molecule has 38 heavy (non-hydrogen) atoms. The zero-order valence-corrected chi connectivity index (χ0v) is 22.3. The zero-order valence-electron chi connectivity index (χ0n) is 22.3. The maximum atomic E-state index is 13.1. The van der Waals surface area contributed by atoms with E-state index in [4.69, 9.17) is 9.84 Å². The molecule has 0 bridgehead atoms. The maximum absolute atomic E-state index is 13.1. The summed E-state index contributed by atoms with van der Waals surface area (Å²) in [6, 6.07) is 15.4. The van der Waals surface area contributed by atoms with Gasteiger partial charge in [0.25, 0.3) is 5.69 Å². The maximum Gasteiger partial charge on any atom is 0.269 e. The molecule has 0 atom stereocenters. The number of para-hydroxylation sites is 1. The molecule has 0 unspecified atom stereocenters. The monoisotopic (exact) mass is 519 g/mol. The van der Waals surface area contributed by atoms with Crippen LogP contribution in [0.5, 0.6) is 0 Å². The number of carbonyl (C=O) groups is 2. The Labute approximate surface area is 222 Å². The summed E-state index contributed by atoms with van der Waals surface area (Å²) in [5, 5.41) is 18.5. The average Bonchev–Trinajstić information content (AvgIpc) is 3.29. The fourth-order valence-corrected chi connectivity index (χ4v) is 3.63. The van der Waals surface area contributed by atoms with Crippen LogP contribution in [0, 0.1) is 17.0 Å². The summed E-state index contributed by atoms with van der Waals surface area (Å²) >= 11 is 0. The highest BCUT2D eigenvalue weighted by molar-refractivity contribution is 5.98. The summed E-state index contributed by atoms with van der Waals surface area (Å²) in [7, 11) is 1.52. The molecule has 1 aromatic heterocycles. The van der Waals surface area contributed by atoms with Crippen molar-refractivity contribution in [3.05, 3.63) is 87.6 Å². The molecule has 10 heteroatoms. The Morgan fingerprint density at radius 3 is 2.45 bits per heavy atom. The first-order chi connectivity index (χ1) is 18.0. The number of hydrogen-bond acceptors (Lipinski definition) is 6. The lowest BCUT2D eigenvalue weighted by molar-refractivity contribution is -0.384. The number of benzene rings is 2. The molecular formula is C28H33N5O5. The van der Waals surface area contributed by atoms with Gasteiger partial charge < -0.3 is 15.0 Å². The summed E-state index contributed by atoms with van der Waals surface area (Å²) in [5.41, 5.74) is 3.01. The molecule has 0 aliphatic rings. The molecule has 0 spiro atoms. The van der Waals surface area contributed by atoms with Crippen LogP contribution in [-0.4, -0.2) is 58.2 Å². The minimum absolute atomic E-state index is 0.0357. The van der Waals surface area contributed by atoms with E-state index in [1.54, 1.807) is 22.9 Å². The van der Waals surface area contributed by atoms with E-state index < -0.39 is 10.8 Å². The first kappa shape index (κ1) is 28.3. The van der Waals surface area contributed by atoms with E-state index in [0.29, 0.717) is 11.4 Å². The normalized spacial score (nSPS) is 11.5. The van der Waals surface area contributed by atoms with E-state index in [2.05, 4.69) is 5.32 Å². The zero-order chi connectivity index (χ0) is 27.9. The van der Waals surface area contributed by atoms with Gasteiger partial charge in [-0.25, -0.2) is 4.68 Å². The molecule has 2 aromatic carbocycles. The molecule has 0 saturated carbocycles. The van der Waals surface area contributed by atoms with Gasteiger partial charge in [-0.1, -0.05) is 39.0 Å². The molecule has 0 aliphatic heterocycles. The van der Waals surface area contributed by atoms with Gasteiger partial charge in [-0.3, -0.25) is 19.7 Å². The Morgan fingerprint density at radius 2 is 1.84 bits per heavy atom. The first-order valence-corrected chi connectivity index (χ1v) is 12.2. The van der Waals surface area contributed by atoms with E-state index >= 15 is 0 Å². The summed E-state index contributed by atoms with van der Waals surface area (Å²) in [6.07, 6.45) is 2.88. The van der Waals surface area contributed by atoms with Gasteiger partial charge in [-0.2, -0.15) is 5.10 Å². The number of nitrogens with zero attached hydrogens (tertiary/aromatic N) is 4. The molecule has 1 heterocycles. The number of ether oxygens (including phenoxy) is 1. The van der Waals surface area contributed by atoms with Crippen molar-refractivity contribution >= 4 is 29.4 Å². The standard InChI is InChI=1S/C28H33N5O5/c1-20-8-6-7-9-23(20)32-25(18-24(30-32)28(2,3)4)29-26(34)19-31(16-17-38-5)27(35)15-12-21-10-13-22(14-11-21)33(36)37/h6-15,18H,16-17,19H2,1-5H3,(H,29,34)/b15-12+. The molecule has 0 fully saturated rings. The number of nitro groups is 1. The summed E-state index contributed by atoms with van der Waals surface area (Å²) < 4.78 is 6.84. The molecule has 200 valence electrons. The highest BCUT2D eigenvalue weighted by Crippen LogP contribution is 2.27. The van der Waals surface area contributed by atoms with E-state index in [0.717, 1.165) is 16.9 Å². The van der Waals surface area contributed by atoms with Crippen LogP contribution in [0.3, 0.4) is 0 Å². The number of anilines is 1. The lowest BCUT2D eigenvalue weighted by Gasteiger charge is -2.20. The number of aryl methyl sites for hydroxylation is 1. The first-order valence-electron chi connectivity index (χ1n) is 12.2. The predicted octanol–water partition coefficient (Wildman–Crippen LogP) is 4.51. The smallest absolute Gasteiger partial charge is 0.269 e. The van der Waals surface area contributed by atoms with Gasteiger partial charge >= 0.3 is 0 Å². The van der Waals surface area contributed by atoms with Crippen LogP contribution >= 0.6 is 0 Å². The van der Waals surface area contributed by atoms with Crippen molar-refractivity contribution in [2.24, 2.45) is 0 Å². The topological polar surface area (TPSA) is 120 Å². The number of rotatable bonds is 10. The lowest BCUT2D eigenvalue weighted by atomic mass is 9.92. The second kappa shape index (κ2) is 12.3. The number of aromatic nitrogens is 2. The molecule has 1 N–H and O–H groups in total. The minimum Gasteiger partial charge on any atom is -0.383 e. The number of hydrogen-bond donors (Lipinski definition) is 1. The van der Waals surface area contributed by atoms with Crippen molar-refractivity contribution in [2.75, 3.05) is 32.1 Å². The second-order valence-electron chi connectivity index (χ2n) is 9.85. The highest BCUT2D eigenvalue weighted by atomic mass is 16.6. The number of nitro benzene ring substituents is 1. The van der Waals surface area contributed by atoms with Crippen molar-refractivity contribution in [3.63, 3.8) is 0 Å². The molecule has 2 amide bonds. The van der Waals surface area contributed by atoms with Crippen LogP contribution in [0.4, 0.5) is 11.5 Å². The van der Waals surface area contributed by atoms with Crippen molar-refractivity contribution in [3.8, 4) is 5.69 Å². The van der Waals surface area contributed by atoms with Crippen LogP contribution in [-0.2, 0) is 19.7 Å². The van der Waals surface area contributed by atoms with Gasteiger partial charge in [0.1, 0.15) is 12.4 Å². The van der Waals surface area contributed by atoms with Gasteiger partial charge in [0.2, 0.25) is 11.8 Å². The third kappa shape index (κ3) is 7.36. The third-order valence-corrected chi connectivity index (χ3v) is 5.82. The van der Waals surface area contributed by atoms with Crippen molar-refractivity contribution in [1.29, 1.82) is 0 Å². The largest absolute Gasteiger partial charge is 0.383 e. The number of nitrogens with one attached hydrogen (secondary N) is 1. The highest BCUT2D eigenvalue weighted by Gasteiger charge is 2.23. The SMILES string of the molecule is COCCN(CC(=O)Nc1cc(C(C)(C)C)nn1-c1ccccc1C)C(=O)/C=C/c1ccc([N+](=O)[O-])cc1. The Bertz CT molecular complexity index is 1320. The average molecular weight is 520 g/mol. The fourth-order valence-electron chi connectivity index (χ4n) is 3.63. The Hall–Kier alpha value is -4.31. The quantitative estimate of drug-likeness (QED) is 0.239. The van der Waals surface area contributed by atoms with Crippen LogP contribution in [0.25, 0.3) is 11.8 Å². The number of non-ortho nitro benzene ring substituents is 1. The lowest BCUT2D eigenvalue weighted by Crippen LogP contribution is -2.39. The predicted molar refractivity (Wildman–Crippen MR) is 146 cm³/mol. The molecule has 0 radical (unpaired) electrons. The van der Waals surface area contributed by atoms with E-state index in [1.165, 1.54) is 30.2 Å². The minimum atomic E-state index is -0.487. The number of methoxy groups -OCH3 is 1. The van der Waals surface area contributed by atoms with Gasteiger partial charge in [0.05, 0.1) is 22.9 Å². The molecule has 3 rings (SSSR count). The molecule has 0 aliphatic carbocycles. The van der Waals surface area contributed by atoms with Crippen LogP contribution in [0.2, 0.25) is 0 Å². The van der Waals surface area contributed by atoms with Crippen LogP contribution in [0.15, 0.2) is 60.7 Å². The third-order valence-electron chi connectivity index (χ3n) is 5.82. The van der Waals surface area contributed by atoms with Crippen molar-refractivity contribution in [1.82, 2.24) is 14.7 Å². The van der Waals surface area contributed by atoms with E-state index in [1.807, 2.05) is 58.0 Å². The Morgan fingerprint density at radius 1 is 1.16 bits per heavy atom. The molecule has 10 nitrogen and oxygen atoms in total. The van der Waals surface area contributed by atoms with Crippen molar-refractivity contribution in [2.45, 2.75) is 33.1 Å². The summed E-state index contributed by atoms with van der Waals surface area (Å²) in [4.78, 5) is 37.8. The molecular weight excluding hydrogens is 486 g/mol. The van der Waals surface area contributed by atoms with E-state index in [9.17, 15) is 19.7 Å². The molecule has 0 saturated heterocycles. The Balaban J connectivity index is 1.79. The van der Waals surface area contributed by atoms with Crippen LogP contribution in [0.1, 0.15) is 37.6 Å². The van der Waals surface area contributed by atoms with Gasteiger partial charge in [0, 0.05) is 43.3 Å². The Kier molecular flexibility index (Phi) is 9.14. The molecule has 3 aromatic rings. The number of carbonyl (C=O) groups excluding carboxylic acids is 2. The summed E-state index contributed by atoms with van der Waals surface area (Å²) in [6.45, 7) is 8.37. The summed E-state index contributed by atoms with van der Waals surface area (Å²) in [5.74, 6) is -0.262. The van der Waals surface area contributed by atoms with Crippen molar-refractivity contribution < 1.29 is 19.2 Å². The van der Waals surface area contributed by atoms with Gasteiger partial charge in [-0.15, -0.1) is 0 Å². The van der Waals surface area contributed by atoms with Gasteiger partial charge in [-0.05, 0) is 42.3 Å². The fraction of sp³-hybridized carbons (Fsp3) is 0.321. The number of amides is 2.